The first-order chi connectivity index (χ1) is 8.70. The number of hydrogen-bond donors (Lipinski definition) is 1. The molecule has 3 aromatic rings. The molecule has 5 nitrogen and oxygen atoms in total. The number of rotatable bonds is 2. The van der Waals surface area contributed by atoms with E-state index in [1.165, 1.54) is 0 Å². The van der Waals surface area contributed by atoms with Gasteiger partial charge in [0.25, 0.3) is 0 Å². The van der Waals surface area contributed by atoms with Crippen LogP contribution in [0.2, 0.25) is 5.02 Å². The largest absolute Gasteiger partial charge is 0.330 e. The molecule has 0 saturated heterocycles. The lowest BCUT2D eigenvalue weighted by molar-refractivity contribution is 0.921. The maximum atomic E-state index is 6.33. The van der Waals surface area contributed by atoms with Gasteiger partial charge in [-0.3, -0.25) is 0 Å². The first-order valence-corrected chi connectivity index (χ1v) is 6.08. The van der Waals surface area contributed by atoms with Crippen molar-refractivity contribution in [3.63, 3.8) is 0 Å². The molecular weight excluding hydrogens is 250 g/mol. The highest BCUT2D eigenvalue weighted by atomic mass is 35.5. The van der Waals surface area contributed by atoms with Crippen LogP contribution in [0.25, 0.3) is 16.7 Å². The quantitative estimate of drug-likeness (QED) is 0.763. The highest BCUT2D eigenvalue weighted by molar-refractivity contribution is 6.35. The molecule has 1 aromatic carbocycles. The average Bonchev–Trinajstić information content (AvgIpc) is 2.73. The van der Waals surface area contributed by atoms with E-state index in [2.05, 4.69) is 15.3 Å². The van der Waals surface area contributed by atoms with E-state index in [9.17, 15) is 0 Å². The van der Waals surface area contributed by atoms with Crippen molar-refractivity contribution in [3.8, 4) is 0 Å². The zero-order valence-electron chi connectivity index (χ0n) is 9.89. The summed E-state index contributed by atoms with van der Waals surface area (Å²) >= 11 is 6.33. The molecule has 18 heavy (non-hydrogen) atoms. The number of fused-ring (bicyclic) bond motifs is 3. The van der Waals surface area contributed by atoms with E-state index < -0.39 is 0 Å². The molecular formula is C12H12ClN5. The molecule has 0 aliphatic heterocycles. The second-order valence-electron chi connectivity index (χ2n) is 4.20. The van der Waals surface area contributed by atoms with Crippen molar-refractivity contribution in [2.24, 2.45) is 5.73 Å². The standard InChI is InChI=1S/C12H12ClN5/c1-7-6-10-15-16-12-9(18(10)17-7)3-2-8(4-5-14)11(12)13/h2-3,6H,4-5,14H2,1H3. The predicted octanol–water partition coefficient (Wildman–Crippen LogP) is 1.74. The van der Waals surface area contributed by atoms with E-state index in [4.69, 9.17) is 17.3 Å². The molecule has 2 heterocycles. The fourth-order valence-electron chi connectivity index (χ4n) is 2.05. The van der Waals surface area contributed by atoms with Gasteiger partial charge >= 0.3 is 0 Å². The third kappa shape index (κ3) is 1.63. The van der Waals surface area contributed by atoms with Crippen molar-refractivity contribution in [2.45, 2.75) is 13.3 Å². The van der Waals surface area contributed by atoms with Gasteiger partial charge in [0.2, 0.25) is 0 Å². The first kappa shape index (κ1) is 11.4. The van der Waals surface area contributed by atoms with Crippen LogP contribution in [0.15, 0.2) is 18.2 Å². The Morgan fingerprint density at radius 1 is 1.33 bits per heavy atom. The summed E-state index contributed by atoms with van der Waals surface area (Å²) in [5.74, 6) is 0. The summed E-state index contributed by atoms with van der Waals surface area (Å²) in [5.41, 5.74) is 9.70. The van der Waals surface area contributed by atoms with E-state index in [-0.39, 0.29) is 0 Å². The van der Waals surface area contributed by atoms with Crippen molar-refractivity contribution < 1.29 is 0 Å². The van der Waals surface area contributed by atoms with Crippen LogP contribution in [-0.4, -0.2) is 26.4 Å². The summed E-state index contributed by atoms with van der Waals surface area (Å²) in [7, 11) is 0. The monoisotopic (exact) mass is 261 g/mol. The van der Waals surface area contributed by atoms with E-state index >= 15 is 0 Å². The van der Waals surface area contributed by atoms with Crippen LogP contribution in [0.5, 0.6) is 0 Å². The molecule has 0 unspecified atom stereocenters. The van der Waals surface area contributed by atoms with E-state index in [1.54, 1.807) is 4.52 Å². The van der Waals surface area contributed by atoms with Crippen LogP contribution in [0.1, 0.15) is 11.3 Å². The van der Waals surface area contributed by atoms with E-state index in [1.807, 2.05) is 25.1 Å². The molecule has 92 valence electrons. The van der Waals surface area contributed by atoms with Crippen molar-refractivity contribution in [1.29, 1.82) is 0 Å². The van der Waals surface area contributed by atoms with E-state index in [0.29, 0.717) is 17.1 Å². The number of nitrogens with two attached hydrogens (primary N) is 1. The van der Waals surface area contributed by atoms with Gasteiger partial charge in [-0.15, -0.1) is 10.2 Å². The van der Waals surface area contributed by atoms with Crippen LogP contribution < -0.4 is 5.73 Å². The van der Waals surface area contributed by atoms with Gasteiger partial charge in [-0.25, -0.2) is 4.52 Å². The summed E-state index contributed by atoms with van der Waals surface area (Å²) in [4.78, 5) is 0. The Bertz CT molecular complexity index is 734. The molecule has 0 spiro atoms. The number of aryl methyl sites for hydroxylation is 1. The maximum Gasteiger partial charge on any atom is 0.178 e. The van der Waals surface area contributed by atoms with Crippen LogP contribution in [-0.2, 0) is 6.42 Å². The Kier molecular flexibility index (Phi) is 2.65. The Labute approximate surface area is 109 Å². The zero-order valence-corrected chi connectivity index (χ0v) is 10.6. The molecule has 2 aromatic heterocycles. The predicted molar refractivity (Wildman–Crippen MR) is 70.8 cm³/mol. The summed E-state index contributed by atoms with van der Waals surface area (Å²) in [6.45, 7) is 2.48. The number of nitrogens with zero attached hydrogens (tertiary/aromatic N) is 4. The molecule has 0 aliphatic carbocycles. The lowest BCUT2D eigenvalue weighted by Crippen LogP contribution is -2.04. The Morgan fingerprint density at radius 2 is 2.17 bits per heavy atom. The second kappa shape index (κ2) is 4.19. The SMILES string of the molecule is Cc1cc2nnc3c(Cl)c(CCN)ccc3n2n1. The van der Waals surface area contributed by atoms with Crippen LogP contribution in [0.3, 0.4) is 0 Å². The minimum atomic E-state index is 0.557. The van der Waals surface area contributed by atoms with Crippen molar-refractivity contribution in [2.75, 3.05) is 6.54 Å². The molecule has 2 N–H and O–H groups in total. The van der Waals surface area contributed by atoms with Crippen molar-refractivity contribution >= 4 is 28.3 Å². The van der Waals surface area contributed by atoms with Crippen molar-refractivity contribution in [1.82, 2.24) is 19.8 Å². The summed E-state index contributed by atoms with van der Waals surface area (Å²) in [5, 5.41) is 13.3. The molecule has 0 amide bonds. The molecule has 0 bridgehead atoms. The Hall–Kier alpha value is -1.72. The smallest absolute Gasteiger partial charge is 0.178 e. The Balaban J connectivity index is 2.36. The van der Waals surface area contributed by atoms with Crippen LogP contribution >= 0.6 is 11.6 Å². The maximum absolute atomic E-state index is 6.33. The van der Waals surface area contributed by atoms with Gasteiger partial charge in [-0.1, -0.05) is 17.7 Å². The van der Waals surface area contributed by atoms with Gasteiger partial charge < -0.3 is 5.73 Å². The lowest BCUT2D eigenvalue weighted by Gasteiger charge is -2.06. The van der Waals surface area contributed by atoms with Gasteiger partial charge in [0, 0.05) is 6.07 Å². The normalized spacial score (nSPS) is 11.5. The summed E-state index contributed by atoms with van der Waals surface area (Å²) < 4.78 is 1.76. The minimum absolute atomic E-state index is 0.557. The highest BCUT2D eigenvalue weighted by Gasteiger charge is 2.11. The fraction of sp³-hybridized carbons (Fsp3) is 0.250. The Morgan fingerprint density at radius 3 is 2.94 bits per heavy atom. The van der Waals surface area contributed by atoms with Crippen LogP contribution in [0.4, 0.5) is 0 Å². The fourth-order valence-corrected chi connectivity index (χ4v) is 2.34. The third-order valence-electron chi connectivity index (χ3n) is 2.88. The van der Waals surface area contributed by atoms with Gasteiger partial charge in [-0.2, -0.15) is 5.10 Å². The lowest BCUT2D eigenvalue weighted by atomic mass is 10.1. The molecule has 3 rings (SSSR count). The average molecular weight is 262 g/mol. The molecule has 6 heteroatoms. The van der Waals surface area contributed by atoms with Gasteiger partial charge in [0.15, 0.2) is 5.65 Å². The first-order valence-electron chi connectivity index (χ1n) is 5.71. The number of hydrogen-bond acceptors (Lipinski definition) is 4. The van der Waals surface area contributed by atoms with Gasteiger partial charge in [0.1, 0.15) is 5.52 Å². The van der Waals surface area contributed by atoms with Crippen molar-refractivity contribution in [3.05, 3.63) is 34.5 Å². The molecule has 0 aliphatic rings. The zero-order chi connectivity index (χ0) is 12.7. The molecule has 0 fully saturated rings. The molecule has 0 atom stereocenters. The number of aromatic nitrogens is 4. The number of halogens is 1. The summed E-state index contributed by atoms with van der Waals surface area (Å²) in [6, 6.07) is 5.81. The molecule has 0 radical (unpaired) electrons. The van der Waals surface area contributed by atoms with Gasteiger partial charge in [-0.05, 0) is 31.5 Å². The number of benzene rings is 1. The highest BCUT2D eigenvalue weighted by Crippen LogP contribution is 2.25. The summed E-state index contributed by atoms with van der Waals surface area (Å²) in [6.07, 6.45) is 0.729. The van der Waals surface area contributed by atoms with Crippen LogP contribution in [0, 0.1) is 6.92 Å². The topological polar surface area (TPSA) is 69.1 Å². The van der Waals surface area contributed by atoms with Gasteiger partial charge in [0.05, 0.1) is 16.2 Å². The third-order valence-corrected chi connectivity index (χ3v) is 3.30. The van der Waals surface area contributed by atoms with E-state index in [0.717, 1.165) is 28.8 Å². The second-order valence-corrected chi connectivity index (χ2v) is 4.58. The minimum Gasteiger partial charge on any atom is -0.330 e. The molecule has 0 saturated carbocycles.